The minimum absolute atomic E-state index is 0.150. The van der Waals surface area contributed by atoms with Gasteiger partial charge in [-0.1, -0.05) is 0 Å². The molecule has 0 saturated heterocycles. The Kier molecular flexibility index (Phi) is 3.68. The van der Waals surface area contributed by atoms with Gasteiger partial charge in [-0.25, -0.2) is 9.97 Å². The zero-order valence-electron chi connectivity index (χ0n) is 9.95. The number of nitrogens with one attached hydrogen (secondary N) is 1. The first-order chi connectivity index (χ1) is 9.11. The fraction of sp³-hybridized carbons (Fsp3) is 0.182. The van der Waals surface area contributed by atoms with E-state index >= 15 is 0 Å². The highest BCUT2D eigenvalue weighted by Gasteiger charge is 2.16. The molecule has 19 heavy (non-hydrogen) atoms. The quantitative estimate of drug-likeness (QED) is 0.677. The van der Waals surface area contributed by atoms with Crippen molar-refractivity contribution in [3.05, 3.63) is 44.0 Å². The van der Waals surface area contributed by atoms with Crippen molar-refractivity contribution in [2.75, 3.05) is 5.32 Å². The third kappa shape index (κ3) is 2.83. The van der Waals surface area contributed by atoms with Crippen LogP contribution >= 0.6 is 11.3 Å². The zero-order chi connectivity index (χ0) is 13.8. The molecule has 0 aliphatic heterocycles. The summed E-state index contributed by atoms with van der Waals surface area (Å²) in [5, 5.41) is 22.5. The Balaban J connectivity index is 2.23. The summed E-state index contributed by atoms with van der Waals surface area (Å²) in [7, 11) is 0. The Labute approximate surface area is 112 Å². The summed E-state index contributed by atoms with van der Waals surface area (Å²) in [6.45, 7) is 2.28. The van der Waals surface area contributed by atoms with E-state index in [1.54, 1.807) is 5.51 Å². The van der Waals surface area contributed by atoms with Crippen LogP contribution in [0.1, 0.15) is 16.1 Å². The normalized spacial score (nSPS) is 9.89. The molecule has 0 spiro atoms. The molecule has 0 aliphatic carbocycles. The van der Waals surface area contributed by atoms with Crippen molar-refractivity contribution in [1.82, 2.24) is 9.97 Å². The Morgan fingerprint density at radius 2 is 2.37 bits per heavy atom. The number of nitrogens with zero attached hydrogens (tertiary/aromatic N) is 4. The third-order valence-electron chi connectivity index (χ3n) is 2.45. The van der Waals surface area contributed by atoms with Crippen molar-refractivity contribution in [3.63, 3.8) is 0 Å². The SMILES string of the molecule is Cc1ncsc1CNc1ncc(C#N)cc1[N+](=O)[O-]. The molecular weight excluding hydrogens is 266 g/mol. The summed E-state index contributed by atoms with van der Waals surface area (Å²) in [6, 6.07) is 3.03. The van der Waals surface area contributed by atoms with E-state index in [0.29, 0.717) is 6.54 Å². The van der Waals surface area contributed by atoms with E-state index in [2.05, 4.69) is 15.3 Å². The largest absolute Gasteiger partial charge is 0.359 e. The Hall–Kier alpha value is -2.53. The van der Waals surface area contributed by atoms with Gasteiger partial charge in [-0.15, -0.1) is 11.3 Å². The highest BCUT2D eigenvalue weighted by molar-refractivity contribution is 7.09. The first-order valence-electron chi connectivity index (χ1n) is 5.29. The second-order valence-electron chi connectivity index (χ2n) is 3.68. The zero-order valence-corrected chi connectivity index (χ0v) is 10.8. The van der Waals surface area contributed by atoms with E-state index in [4.69, 9.17) is 5.26 Å². The minimum atomic E-state index is -0.560. The molecule has 2 aromatic rings. The minimum Gasteiger partial charge on any atom is -0.359 e. The van der Waals surface area contributed by atoms with Gasteiger partial charge in [-0.05, 0) is 6.92 Å². The molecule has 0 atom stereocenters. The molecule has 0 aromatic carbocycles. The molecule has 0 saturated carbocycles. The first-order valence-corrected chi connectivity index (χ1v) is 6.17. The van der Waals surface area contributed by atoms with Crippen LogP contribution in [0.3, 0.4) is 0 Å². The lowest BCUT2D eigenvalue weighted by molar-refractivity contribution is -0.384. The van der Waals surface area contributed by atoms with E-state index < -0.39 is 4.92 Å². The van der Waals surface area contributed by atoms with Gasteiger partial charge in [0.1, 0.15) is 6.07 Å². The average Bonchev–Trinajstić information content (AvgIpc) is 2.81. The maximum absolute atomic E-state index is 10.9. The van der Waals surface area contributed by atoms with Crippen molar-refractivity contribution in [2.45, 2.75) is 13.5 Å². The summed E-state index contributed by atoms with van der Waals surface area (Å²) in [6.07, 6.45) is 1.30. The number of aromatic nitrogens is 2. The predicted molar refractivity (Wildman–Crippen MR) is 69.8 cm³/mol. The summed E-state index contributed by atoms with van der Waals surface area (Å²) in [5.74, 6) is 0.150. The van der Waals surface area contributed by atoms with E-state index in [1.165, 1.54) is 23.6 Å². The molecule has 2 rings (SSSR count). The van der Waals surface area contributed by atoms with Crippen LogP contribution in [0.15, 0.2) is 17.8 Å². The lowest BCUT2D eigenvalue weighted by Crippen LogP contribution is -2.05. The molecule has 96 valence electrons. The van der Waals surface area contributed by atoms with Crippen LogP contribution in [0.5, 0.6) is 0 Å². The molecule has 0 amide bonds. The number of pyridine rings is 1. The molecule has 0 radical (unpaired) electrons. The molecule has 7 nitrogen and oxygen atoms in total. The molecular formula is C11H9N5O2S. The van der Waals surface area contributed by atoms with Crippen molar-refractivity contribution >= 4 is 22.8 Å². The maximum atomic E-state index is 10.9. The van der Waals surface area contributed by atoms with Gasteiger partial charge in [0.05, 0.1) is 28.2 Å². The fourth-order valence-electron chi connectivity index (χ4n) is 1.45. The maximum Gasteiger partial charge on any atom is 0.312 e. The Morgan fingerprint density at radius 1 is 1.58 bits per heavy atom. The van der Waals surface area contributed by atoms with Gasteiger partial charge in [-0.2, -0.15) is 5.26 Å². The number of nitriles is 1. The van der Waals surface area contributed by atoms with Crippen LogP contribution in [0.4, 0.5) is 11.5 Å². The van der Waals surface area contributed by atoms with Crippen molar-refractivity contribution < 1.29 is 4.92 Å². The number of nitro groups is 1. The number of hydrogen-bond acceptors (Lipinski definition) is 7. The molecule has 0 bridgehead atoms. The first kappa shape index (κ1) is 12.9. The van der Waals surface area contributed by atoms with E-state index in [0.717, 1.165) is 10.6 Å². The number of anilines is 1. The summed E-state index contributed by atoms with van der Waals surface area (Å²) in [4.78, 5) is 19.4. The highest BCUT2D eigenvalue weighted by atomic mass is 32.1. The average molecular weight is 275 g/mol. The van der Waals surface area contributed by atoms with Gasteiger partial charge in [0.15, 0.2) is 0 Å². The number of hydrogen-bond donors (Lipinski definition) is 1. The summed E-state index contributed by atoms with van der Waals surface area (Å²) in [5.41, 5.74) is 2.55. The fourth-order valence-corrected chi connectivity index (χ4v) is 2.17. The standard InChI is InChI=1S/C11H9N5O2S/c1-7-10(19-6-15-7)5-14-11-9(16(17)18)2-8(3-12)4-13-11/h2,4,6H,5H2,1H3,(H,13,14). The van der Waals surface area contributed by atoms with Crippen LogP contribution in [0, 0.1) is 28.4 Å². The molecule has 2 aromatic heterocycles. The predicted octanol–water partition coefficient (Wildman–Crippen LogP) is 2.24. The van der Waals surface area contributed by atoms with Crippen LogP contribution in [0.2, 0.25) is 0 Å². The Morgan fingerprint density at radius 3 is 2.95 bits per heavy atom. The van der Waals surface area contributed by atoms with Gasteiger partial charge >= 0.3 is 5.69 Å². The molecule has 1 N–H and O–H groups in total. The van der Waals surface area contributed by atoms with Crippen LogP contribution in [-0.2, 0) is 6.54 Å². The van der Waals surface area contributed by atoms with Crippen LogP contribution in [0.25, 0.3) is 0 Å². The lowest BCUT2D eigenvalue weighted by atomic mass is 10.2. The number of rotatable bonds is 4. The molecule has 2 heterocycles. The second-order valence-corrected chi connectivity index (χ2v) is 4.61. The third-order valence-corrected chi connectivity index (χ3v) is 3.39. The van der Waals surface area contributed by atoms with Gasteiger partial charge < -0.3 is 5.32 Å². The van der Waals surface area contributed by atoms with Crippen molar-refractivity contribution in [1.29, 1.82) is 5.26 Å². The lowest BCUT2D eigenvalue weighted by Gasteiger charge is -2.05. The van der Waals surface area contributed by atoms with E-state index in [1.807, 2.05) is 13.0 Å². The van der Waals surface area contributed by atoms with Crippen LogP contribution < -0.4 is 5.32 Å². The van der Waals surface area contributed by atoms with Crippen molar-refractivity contribution in [3.8, 4) is 6.07 Å². The molecule has 0 unspecified atom stereocenters. The van der Waals surface area contributed by atoms with Crippen LogP contribution in [-0.4, -0.2) is 14.9 Å². The Bertz CT molecular complexity index is 661. The van der Waals surface area contributed by atoms with E-state index in [9.17, 15) is 10.1 Å². The summed E-state index contributed by atoms with van der Waals surface area (Å²) < 4.78 is 0. The van der Waals surface area contributed by atoms with E-state index in [-0.39, 0.29) is 17.1 Å². The molecule has 0 aliphatic rings. The summed E-state index contributed by atoms with van der Waals surface area (Å²) >= 11 is 1.47. The highest BCUT2D eigenvalue weighted by Crippen LogP contribution is 2.24. The topological polar surface area (TPSA) is 105 Å². The smallest absolute Gasteiger partial charge is 0.312 e. The second kappa shape index (κ2) is 5.41. The molecule has 8 heteroatoms. The van der Waals surface area contributed by atoms with Gasteiger partial charge in [0.25, 0.3) is 0 Å². The number of aryl methyl sites for hydroxylation is 1. The van der Waals surface area contributed by atoms with Gasteiger partial charge in [0, 0.05) is 17.1 Å². The van der Waals surface area contributed by atoms with Crippen molar-refractivity contribution in [2.24, 2.45) is 0 Å². The number of thiazole rings is 1. The molecule has 0 fully saturated rings. The van der Waals surface area contributed by atoms with Gasteiger partial charge in [-0.3, -0.25) is 10.1 Å². The monoisotopic (exact) mass is 275 g/mol. The van der Waals surface area contributed by atoms with Gasteiger partial charge in [0.2, 0.25) is 5.82 Å².